The number of hydrogen-bond donors (Lipinski definition) is 1. The van der Waals surface area contributed by atoms with Crippen molar-refractivity contribution in [2.75, 3.05) is 38.6 Å². The molecule has 2 aromatic carbocycles. The highest BCUT2D eigenvalue weighted by molar-refractivity contribution is 6.04. The maximum atomic E-state index is 16.0. The Hall–Kier alpha value is -5.10. The van der Waals surface area contributed by atoms with Crippen LogP contribution in [0.25, 0.3) is 22.4 Å². The van der Waals surface area contributed by atoms with Gasteiger partial charge in [0.2, 0.25) is 11.8 Å². The first-order valence-electron chi connectivity index (χ1n) is 15.5. The van der Waals surface area contributed by atoms with Gasteiger partial charge in [0.15, 0.2) is 5.82 Å². The monoisotopic (exact) mass is 640 g/mol. The van der Waals surface area contributed by atoms with Crippen molar-refractivity contribution in [2.45, 2.75) is 32.7 Å². The Labute approximate surface area is 271 Å². The van der Waals surface area contributed by atoms with Crippen LogP contribution in [0.3, 0.4) is 0 Å². The van der Waals surface area contributed by atoms with Gasteiger partial charge in [-0.15, -0.1) is 0 Å². The number of anilines is 1. The molecule has 12 heteroatoms. The van der Waals surface area contributed by atoms with E-state index in [0.717, 1.165) is 69.2 Å². The van der Waals surface area contributed by atoms with Crippen LogP contribution >= 0.6 is 0 Å². The Balaban J connectivity index is 1.31. The molecule has 2 aliphatic rings. The summed E-state index contributed by atoms with van der Waals surface area (Å²) in [6.45, 7) is 6.51. The number of benzene rings is 2. The molecule has 244 valence electrons. The average molecular weight is 641 g/mol. The van der Waals surface area contributed by atoms with E-state index in [1.54, 1.807) is 26.2 Å². The third-order valence-corrected chi connectivity index (χ3v) is 9.36. The van der Waals surface area contributed by atoms with Crippen molar-refractivity contribution >= 4 is 17.5 Å². The summed E-state index contributed by atoms with van der Waals surface area (Å²) in [5.74, 6) is -0.812. The zero-order valence-electron chi connectivity index (χ0n) is 27.1. The van der Waals surface area contributed by atoms with E-state index >= 15 is 4.39 Å². The first-order chi connectivity index (χ1) is 22.5. The molecule has 1 fully saturated rings. The SMILES string of the molecule is COc1nc(-c2cccc(-c3cccc(NC(=O)c4cn(C)c(=O)n(C)c4=O)c3F)c2C)cc2c1[C@@H](N1CCN(C(C)=O)CC1)CC2. The van der Waals surface area contributed by atoms with Gasteiger partial charge in [0.25, 0.3) is 11.5 Å². The number of nitrogens with zero attached hydrogens (tertiary/aromatic N) is 5. The Morgan fingerprint density at radius 2 is 1.68 bits per heavy atom. The summed E-state index contributed by atoms with van der Waals surface area (Å²) in [6.07, 6.45) is 2.95. The number of aryl methyl sites for hydroxylation is 2. The van der Waals surface area contributed by atoms with Crippen LogP contribution in [0.15, 0.2) is 58.3 Å². The zero-order chi connectivity index (χ0) is 33.6. The second kappa shape index (κ2) is 12.6. The summed E-state index contributed by atoms with van der Waals surface area (Å²) in [5, 5.41) is 2.50. The van der Waals surface area contributed by atoms with Gasteiger partial charge in [0.05, 0.1) is 18.5 Å². The largest absolute Gasteiger partial charge is 0.481 e. The highest BCUT2D eigenvalue weighted by Crippen LogP contribution is 2.43. The maximum Gasteiger partial charge on any atom is 0.330 e. The van der Waals surface area contributed by atoms with E-state index in [4.69, 9.17) is 9.72 Å². The number of piperazine rings is 1. The van der Waals surface area contributed by atoms with Gasteiger partial charge in [0, 0.05) is 76.1 Å². The highest BCUT2D eigenvalue weighted by Gasteiger charge is 2.34. The number of halogens is 1. The molecule has 0 unspecified atom stereocenters. The van der Waals surface area contributed by atoms with E-state index < -0.39 is 23.0 Å². The topological polar surface area (TPSA) is 119 Å². The summed E-state index contributed by atoms with van der Waals surface area (Å²) in [4.78, 5) is 58.7. The minimum Gasteiger partial charge on any atom is -0.481 e. The lowest BCUT2D eigenvalue weighted by Crippen LogP contribution is -2.48. The molecule has 3 heterocycles. The first-order valence-corrected chi connectivity index (χ1v) is 15.5. The van der Waals surface area contributed by atoms with Crippen molar-refractivity contribution in [3.63, 3.8) is 0 Å². The molecule has 11 nitrogen and oxygen atoms in total. The van der Waals surface area contributed by atoms with E-state index in [2.05, 4.69) is 16.3 Å². The molecule has 0 saturated carbocycles. The first kappa shape index (κ1) is 31.9. The molecule has 2 aromatic heterocycles. The Kier molecular flexibility index (Phi) is 8.54. The van der Waals surface area contributed by atoms with Gasteiger partial charge in [0.1, 0.15) is 5.56 Å². The number of ether oxygens (including phenoxy) is 1. The Bertz CT molecular complexity index is 2030. The fourth-order valence-electron chi connectivity index (χ4n) is 6.78. The van der Waals surface area contributed by atoms with Gasteiger partial charge in [-0.25, -0.2) is 14.2 Å². The van der Waals surface area contributed by atoms with Crippen LogP contribution in [0.1, 0.15) is 46.4 Å². The second-order valence-electron chi connectivity index (χ2n) is 12.1. The standard InChI is InChI=1S/C35H37FN6O5/c1-20-23(25-10-7-11-27(31(25)36)37-32(44)26-19-39(3)35(46)40(4)34(26)45)8-6-9-24(20)28-18-22-12-13-29(30(22)33(38-28)47-5)42-16-14-41(15-17-42)21(2)43/h6-11,18-19,29H,12-17H2,1-5H3,(H,37,44)/t29-/m0/s1. The molecule has 4 aromatic rings. The van der Waals surface area contributed by atoms with Crippen LogP contribution in [0.4, 0.5) is 10.1 Å². The summed E-state index contributed by atoms with van der Waals surface area (Å²) >= 11 is 0. The molecule has 1 aliphatic carbocycles. The average Bonchev–Trinajstić information content (AvgIpc) is 3.50. The van der Waals surface area contributed by atoms with Gasteiger partial charge in [-0.2, -0.15) is 0 Å². The Morgan fingerprint density at radius 3 is 2.38 bits per heavy atom. The summed E-state index contributed by atoms with van der Waals surface area (Å²) < 4.78 is 23.8. The molecule has 1 atom stereocenters. The van der Waals surface area contributed by atoms with Crippen molar-refractivity contribution in [1.82, 2.24) is 23.9 Å². The molecular formula is C35H37FN6O5. The van der Waals surface area contributed by atoms with Gasteiger partial charge in [-0.1, -0.05) is 30.3 Å². The van der Waals surface area contributed by atoms with Crippen LogP contribution < -0.4 is 21.3 Å². The summed E-state index contributed by atoms with van der Waals surface area (Å²) in [6, 6.07) is 12.5. The van der Waals surface area contributed by atoms with Gasteiger partial charge in [-0.05, 0) is 48.6 Å². The second-order valence-corrected chi connectivity index (χ2v) is 12.1. The number of rotatable bonds is 6. The fraction of sp³-hybridized carbons (Fsp3) is 0.343. The minimum atomic E-state index is -0.823. The normalized spacial score (nSPS) is 16.2. The molecular weight excluding hydrogens is 603 g/mol. The lowest BCUT2D eigenvalue weighted by atomic mass is 9.93. The van der Waals surface area contributed by atoms with Crippen molar-refractivity contribution in [1.29, 1.82) is 0 Å². The smallest absolute Gasteiger partial charge is 0.330 e. The lowest BCUT2D eigenvalue weighted by molar-refractivity contribution is -0.130. The number of carbonyl (C=O) groups excluding carboxylic acids is 2. The van der Waals surface area contributed by atoms with E-state index in [-0.39, 0.29) is 28.8 Å². The van der Waals surface area contributed by atoms with Gasteiger partial charge < -0.3 is 19.5 Å². The Morgan fingerprint density at radius 1 is 1.00 bits per heavy atom. The maximum absolute atomic E-state index is 16.0. The fourth-order valence-corrected chi connectivity index (χ4v) is 6.78. The van der Waals surface area contributed by atoms with Crippen molar-refractivity contribution in [3.05, 3.63) is 97.6 Å². The highest BCUT2D eigenvalue weighted by atomic mass is 19.1. The van der Waals surface area contributed by atoms with Crippen LogP contribution in [0, 0.1) is 12.7 Å². The molecule has 2 amide bonds. The number of carbonyl (C=O) groups is 2. The molecule has 47 heavy (non-hydrogen) atoms. The molecule has 1 saturated heterocycles. The minimum absolute atomic E-state index is 0.0966. The number of nitrogens with one attached hydrogen (secondary N) is 1. The number of aromatic nitrogens is 3. The molecule has 0 spiro atoms. The number of methoxy groups -OCH3 is 1. The van der Waals surface area contributed by atoms with Crippen molar-refractivity contribution < 1.29 is 18.7 Å². The summed E-state index contributed by atoms with van der Waals surface area (Å²) in [7, 11) is 4.33. The predicted octanol–water partition coefficient (Wildman–Crippen LogP) is 3.67. The number of fused-ring (bicyclic) bond motifs is 1. The van der Waals surface area contributed by atoms with Gasteiger partial charge >= 0.3 is 5.69 Å². The predicted molar refractivity (Wildman–Crippen MR) is 176 cm³/mol. The van der Waals surface area contributed by atoms with Crippen molar-refractivity contribution in [2.24, 2.45) is 14.1 Å². The van der Waals surface area contributed by atoms with Crippen LogP contribution in [-0.2, 0) is 25.3 Å². The van der Waals surface area contributed by atoms with Crippen LogP contribution in [0.5, 0.6) is 5.88 Å². The molecule has 1 N–H and O–H groups in total. The third-order valence-electron chi connectivity index (χ3n) is 9.36. The molecule has 6 rings (SSSR count). The van der Waals surface area contributed by atoms with Crippen molar-refractivity contribution in [3.8, 4) is 28.3 Å². The van der Waals surface area contributed by atoms with E-state index in [9.17, 15) is 19.2 Å². The number of amides is 2. The van der Waals surface area contributed by atoms with Gasteiger partial charge in [-0.3, -0.25) is 23.9 Å². The zero-order valence-corrected chi connectivity index (χ0v) is 27.1. The summed E-state index contributed by atoms with van der Waals surface area (Å²) in [5.41, 5.74) is 3.76. The van der Waals surface area contributed by atoms with E-state index in [1.807, 2.05) is 30.0 Å². The number of hydrogen-bond acceptors (Lipinski definition) is 7. The van der Waals surface area contributed by atoms with Crippen LogP contribution in [0.2, 0.25) is 0 Å². The molecule has 1 aliphatic heterocycles. The third kappa shape index (κ3) is 5.73. The quantitative estimate of drug-likeness (QED) is 0.342. The lowest BCUT2D eigenvalue weighted by Gasteiger charge is -2.38. The number of pyridine rings is 1. The van der Waals surface area contributed by atoms with E-state index in [0.29, 0.717) is 24.5 Å². The molecule has 0 radical (unpaired) electrons. The molecule has 0 bridgehead atoms. The van der Waals surface area contributed by atoms with E-state index in [1.165, 1.54) is 20.2 Å². The van der Waals surface area contributed by atoms with Crippen LogP contribution in [-0.4, -0.2) is 69.0 Å².